The third kappa shape index (κ3) is 2.25. The Morgan fingerprint density at radius 1 is 1.44 bits per heavy atom. The first kappa shape index (κ1) is 11.1. The van der Waals surface area contributed by atoms with E-state index in [1.54, 1.807) is 0 Å². The Bertz CT molecular complexity index is 387. The first-order valence-corrected chi connectivity index (χ1v) is 5.64. The summed E-state index contributed by atoms with van der Waals surface area (Å²) in [6.07, 6.45) is 1.85. The van der Waals surface area contributed by atoms with E-state index in [4.69, 9.17) is 0 Å². The minimum Gasteiger partial charge on any atom is -0.550 e. The predicted molar refractivity (Wildman–Crippen MR) is 57.5 cm³/mol. The molecule has 0 heterocycles. The molecule has 3 nitrogen and oxygen atoms in total. The molecule has 1 aromatic rings. The van der Waals surface area contributed by atoms with E-state index in [0.717, 1.165) is 30.4 Å². The van der Waals surface area contributed by atoms with E-state index in [0.29, 0.717) is 0 Å². The van der Waals surface area contributed by atoms with Crippen LogP contribution in [0.5, 0.6) is 0 Å². The molecular formula is C13H15O3-. The van der Waals surface area contributed by atoms with Gasteiger partial charge in [0.25, 0.3) is 0 Å². The first-order valence-electron chi connectivity index (χ1n) is 5.64. The standard InChI is InChI=1S/C13H16O3/c14-12(15)8-10-6-3-5-9-4-1-2-7-11(9)13(10)16/h1-2,4,7,10,13,16H,3,5-6,8H2,(H,14,15)/p-1. The van der Waals surface area contributed by atoms with E-state index in [1.807, 2.05) is 24.3 Å². The van der Waals surface area contributed by atoms with Gasteiger partial charge < -0.3 is 15.0 Å². The normalized spacial score (nSPS) is 24.6. The van der Waals surface area contributed by atoms with Crippen molar-refractivity contribution in [1.29, 1.82) is 0 Å². The van der Waals surface area contributed by atoms with Crippen molar-refractivity contribution in [3.05, 3.63) is 35.4 Å². The van der Waals surface area contributed by atoms with Crippen LogP contribution >= 0.6 is 0 Å². The second-order valence-electron chi connectivity index (χ2n) is 4.37. The van der Waals surface area contributed by atoms with E-state index >= 15 is 0 Å². The predicted octanol–water partition coefficient (Wildman–Crippen LogP) is 0.812. The molecule has 1 N–H and O–H groups in total. The Morgan fingerprint density at radius 3 is 2.94 bits per heavy atom. The Morgan fingerprint density at radius 2 is 2.19 bits per heavy atom. The lowest BCUT2D eigenvalue weighted by Crippen LogP contribution is -2.27. The number of aryl methyl sites for hydroxylation is 1. The average molecular weight is 219 g/mol. The van der Waals surface area contributed by atoms with Gasteiger partial charge in [0.1, 0.15) is 0 Å². The fourth-order valence-corrected chi connectivity index (χ4v) is 2.44. The molecule has 0 aromatic heterocycles. The number of aliphatic hydroxyl groups excluding tert-OH is 1. The molecule has 2 atom stereocenters. The van der Waals surface area contributed by atoms with Gasteiger partial charge in [0.05, 0.1) is 6.10 Å². The van der Waals surface area contributed by atoms with Gasteiger partial charge in [-0.2, -0.15) is 0 Å². The van der Waals surface area contributed by atoms with E-state index < -0.39 is 12.1 Å². The second-order valence-corrected chi connectivity index (χ2v) is 4.37. The monoisotopic (exact) mass is 219 g/mol. The zero-order valence-corrected chi connectivity index (χ0v) is 9.06. The number of carbonyl (C=O) groups excluding carboxylic acids is 1. The number of carboxylic acids is 1. The number of rotatable bonds is 2. The number of fused-ring (bicyclic) bond motifs is 1. The fourth-order valence-electron chi connectivity index (χ4n) is 2.44. The third-order valence-electron chi connectivity index (χ3n) is 3.27. The van der Waals surface area contributed by atoms with E-state index in [-0.39, 0.29) is 12.3 Å². The molecule has 2 unspecified atom stereocenters. The van der Waals surface area contributed by atoms with Crippen LogP contribution in [0.1, 0.15) is 36.5 Å². The number of hydrogen-bond donors (Lipinski definition) is 1. The highest BCUT2D eigenvalue weighted by molar-refractivity contribution is 5.64. The molecule has 0 saturated heterocycles. The van der Waals surface area contributed by atoms with Crippen molar-refractivity contribution in [3.63, 3.8) is 0 Å². The third-order valence-corrected chi connectivity index (χ3v) is 3.27. The highest BCUT2D eigenvalue weighted by atomic mass is 16.4. The van der Waals surface area contributed by atoms with Crippen LogP contribution in [0.2, 0.25) is 0 Å². The highest BCUT2D eigenvalue weighted by Gasteiger charge is 2.25. The maximum absolute atomic E-state index is 10.6. The lowest BCUT2D eigenvalue weighted by atomic mass is 9.91. The summed E-state index contributed by atoms with van der Waals surface area (Å²) < 4.78 is 0. The molecule has 86 valence electrons. The van der Waals surface area contributed by atoms with Crippen molar-refractivity contribution in [3.8, 4) is 0 Å². The Labute approximate surface area is 94.7 Å². The summed E-state index contributed by atoms with van der Waals surface area (Å²) in [6.45, 7) is 0. The Kier molecular flexibility index (Phi) is 3.25. The van der Waals surface area contributed by atoms with Crippen LogP contribution in [0.3, 0.4) is 0 Å². The molecule has 0 aliphatic heterocycles. The smallest absolute Gasteiger partial charge is 0.0824 e. The molecule has 16 heavy (non-hydrogen) atoms. The van der Waals surface area contributed by atoms with Gasteiger partial charge in [-0.25, -0.2) is 0 Å². The van der Waals surface area contributed by atoms with Gasteiger partial charge >= 0.3 is 0 Å². The average Bonchev–Trinajstić information content (AvgIpc) is 2.40. The summed E-state index contributed by atoms with van der Waals surface area (Å²) in [4.78, 5) is 10.6. The molecule has 1 aliphatic rings. The zero-order valence-electron chi connectivity index (χ0n) is 9.06. The molecule has 0 amide bonds. The molecule has 0 saturated carbocycles. The lowest BCUT2D eigenvalue weighted by molar-refractivity contribution is -0.307. The minimum atomic E-state index is -1.08. The van der Waals surface area contributed by atoms with Gasteiger partial charge in [0, 0.05) is 5.97 Å². The molecule has 0 spiro atoms. The van der Waals surface area contributed by atoms with Crippen LogP contribution < -0.4 is 5.11 Å². The first-order chi connectivity index (χ1) is 7.68. The molecule has 1 aromatic carbocycles. The highest BCUT2D eigenvalue weighted by Crippen LogP contribution is 2.34. The number of carbonyl (C=O) groups is 1. The van der Waals surface area contributed by atoms with Gasteiger partial charge in [-0.3, -0.25) is 0 Å². The molecular weight excluding hydrogens is 204 g/mol. The van der Waals surface area contributed by atoms with Crippen LogP contribution in [0, 0.1) is 5.92 Å². The lowest BCUT2D eigenvalue weighted by Gasteiger charge is -2.22. The summed E-state index contributed by atoms with van der Waals surface area (Å²) >= 11 is 0. The van der Waals surface area contributed by atoms with E-state index in [2.05, 4.69) is 0 Å². The van der Waals surface area contributed by atoms with Crippen molar-refractivity contribution < 1.29 is 15.0 Å². The molecule has 2 rings (SSSR count). The summed E-state index contributed by atoms with van der Waals surface area (Å²) in [6, 6.07) is 7.71. The quantitative estimate of drug-likeness (QED) is 0.749. The summed E-state index contributed by atoms with van der Waals surface area (Å²) in [5.41, 5.74) is 2.02. The van der Waals surface area contributed by atoms with Crippen molar-refractivity contribution in [2.24, 2.45) is 5.92 Å². The van der Waals surface area contributed by atoms with Gasteiger partial charge in [-0.1, -0.05) is 24.3 Å². The van der Waals surface area contributed by atoms with Gasteiger partial charge in [-0.15, -0.1) is 0 Å². The second kappa shape index (κ2) is 4.66. The van der Waals surface area contributed by atoms with E-state index in [1.165, 1.54) is 0 Å². The molecule has 0 radical (unpaired) electrons. The summed E-state index contributed by atoms with van der Waals surface area (Å²) in [5.74, 6) is -1.29. The van der Waals surface area contributed by atoms with Gasteiger partial charge in [0.2, 0.25) is 0 Å². The number of aliphatic hydroxyl groups is 1. The Balaban J connectivity index is 2.26. The van der Waals surface area contributed by atoms with E-state index in [9.17, 15) is 15.0 Å². The zero-order chi connectivity index (χ0) is 11.5. The topological polar surface area (TPSA) is 60.4 Å². The molecule has 1 aliphatic carbocycles. The number of hydrogen-bond acceptors (Lipinski definition) is 3. The summed E-state index contributed by atoms with van der Waals surface area (Å²) in [7, 11) is 0. The maximum atomic E-state index is 10.6. The van der Waals surface area contributed by atoms with Crippen LogP contribution in [-0.2, 0) is 11.2 Å². The largest absolute Gasteiger partial charge is 0.550 e. The van der Waals surface area contributed by atoms with Crippen molar-refractivity contribution in [2.75, 3.05) is 0 Å². The minimum absolute atomic E-state index is 0.0600. The Hall–Kier alpha value is -1.35. The van der Waals surface area contributed by atoms with Gasteiger partial charge in [0.15, 0.2) is 0 Å². The van der Waals surface area contributed by atoms with Crippen molar-refractivity contribution >= 4 is 5.97 Å². The van der Waals surface area contributed by atoms with Crippen LogP contribution in [0.4, 0.5) is 0 Å². The SMILES string of the molecule is O=C([O-])CC1CCCc2ccccc2C1O. The molecule has 0 fully saturated rings. The maximum Gasteiger partial charge on any atom is 0.0824 e. The van der Waals surface area contributed by atoms with Crippen molar-refractivity contribution in [2.45, 2.75) is 31.8 Å². The van der Waals surface area contributed by atoms with Crippen LogP contribution in [0.25, 0.3) is 0 Å². The summed E-state index contributed by atoms with van der Waals surface area (Å²) in [5, 5.41) is 20.8. The number of carboxylic acid groups (broad SMARTS) is 1. The fraction of sp³-hybridized carbons (Fsp3) is 0.462. The number of aliphatic carboxylic acids is 1. The molecule has 0 bridgehead atoms. The van der Waals surface area contributed by atoms with Gasteiger partial charge in [-0.05, 0) is 42.7 Å². The van der Waals surface area contributed by atoms with Crippen molar-refractivity contribution in [1.82, 2.24) is 0 Å². The number of benzene rings is 1. The molecule has 3 heteroatoms. The van der Waals surface area contributed by atoms with Crippen LogP contribution in [0.15, 0.2) is 24.3 Å². The van der Waals surface area contributed by atoms with Crippen LogP contribution in [-0.4, -0.2) is 11.1 Å².